The van der Waals surface area contributed by atoms with Crippen molar-refractivity contribution >= 4 is 33.2 Å². The van der Waals surface area contributed by atoms with E-state index in [1.54, 1.807) is 30.3 Å². The Morgan fingerprint density at radius 2 is 1.74 bits per heavy atom. The zero-order valence-electron chi connectivity index (χ0n) is 17.8. The summed E-state index contributed by atoms with van der Waals surface area (Å²) in [7, 11) is -3.91. The normalized spacial score (nSPS) is 15.5. The van der Waals surface area contributed by atoms with Crippen LogP contribution in [0.4, 0.5) is 5.69 Å². The van der Waals surface area contributed by atoms with Gasteiger partial charge in [0, 0.05) is 11.6 Å². The first-order valence-corrected chi connectivity index (χ1v) is 12.5. The molecule has 1 N–H and O–H groups in total. The average molecular weight is 464 g/mol. The SMILES string of the molecule is CC1CCN(CCCNC(=O)CN(c2ccccc2)S(=O)(=O)c2ccc(Cl)cc2)CC1. The molecule has 0 unspecified atom stereocenters. The molecule has 2 aromatic rings. The molecule has 1 aliphatic rings. The molecule has 0 spiro atoms. The van der Waals surface area contributed by atoms with E-state index in [9.17, 15) is 13.2 Å². The molecule has 1 heterocycles. The molecule has 168 valence electrons. The van der Waals surface area contributed by atoms with Crippen LogP contribution in [0.5, 0.6) is 0 Å². The fourth-order valence-corrected chi connectivity index (χ4v) is 5.19. The largest absolute Gasteiger partial charge is 0.354 e. The molecular formula is C23H30ClN3O3S. The highest BCUT2D eigenvalue weighted by atomic mass is 35.5. The standard InChI is InChI=1S/C23H30ClN3O3S/c1-19-12-16-26(17-13-19)15-5-14-25-23(28)18-27(21-6-3-2-4-7-21)31(29,30)22-10-8-20(24)9-11-22/h2-4,6-11,19H,5,12-18H2,1H3,(H,25,28). The molecule has 0 saturated carbocycles. The average Bonchev–Trinajstić information content (AvgIpc) is 2.77. The molecule has 3 rings (SSSR count). The van der Waals surface area contributed by atoms with Crippen LogP contribution >= 0.6 is 11.6 Å². The third kappa shape index (κ3) is 6.69. The van der Waals surface area contributed by atoms with Gasteiger partial charge in [-0.2, -0.15) is 0 Å². The molecule has 8 heteroatoms. The Balaban J connectivity index is 1.61. The van der Waals surface area contributed by atoms with Gasteiger partial charge in [-0.25, -0.2) is 8.42 Å². The second kappa shape index (κ2) is 11.0. The molecule has 6 nitrogen and oxygen atoms in total. The summed E-state index contributed by atoms with van der Waals surface area (Å²) in [5.41, 5.74) is 0.440. The van der Waals surface area contributed by atoms with Gasteiger partial charge in [0.25, 0.3) is 10.0 Å². The number of hydrogen-bond acceptors (Lipinski definition) is 4. The predicted octanol–water partition coefficient (Wildman–Crippen LogP) is 3.77. The van der Waals surface area contributed by atoms with Gasteiger partial charge in [0.05, 0.1) is 10.6 Å². The van der Waals surface area contributed by atoms with E-state index in [4.69, 9.17) is 11.6 Å². The Hall–Kier alpha value is -2.09. The van der Waals surface area contributed by atoms with Gasteiger partial charge in [-0.05, 0) is 81.2 Å². The van der Waals surface area contributed by atoms with Gasteiger partial charge in [-0.1, -0.05) is 36.7 Å². The van der Waals surface area contributed by atoms with E-state index in [1.165, 1.54) is 37.1 Å². The van der Waals surface area contributed by atoms with Crippen molar-refractivity contribution in [1.82, 2.24) is 10.2 Å². The monoisotopic (exact) mass is 463 g/mol. The molecule has 0 radical (unpaired) electrons. The zero-order valence-corrected chi connectivity index (χ0v) is 19.4. The van der Waals surface area contributed by atoms with Crippen LogP contribution in [0.3, 0.4) is 0 Å². The summed E-state index contributed by atoms with van der Waals surface area (Å²) < 4.78 is 27.6. The van der Waals surface area contributed by atoms with Crippen LogP contribution in [0.1, 0.15) is 26.2 Å². The Kier molecular flexibility index (Phi) is 8.35. The van der Waals surface area contributed by atoms with Gasteiger partial charge in [0.2, 0.25) is 5.91 Å². The van der Waals surface area contributed by atoms with Gasteiger partial charge in [0.1, 0.15) is 6.54 Å². The minimum Gasteiger partial charge on any atom is -0.354 e. The number of carbonyl (C=O) groups excluding carboxylic acids is 1. The van der Waals surface area contributed by atoms with Crippen molar-refractivity contribution in [2.75, 3.05) is 37.0 Å². The number of carbonyl (C=O) groups is 1. The second-order valence-electron chi connectivity index (χ2n) is 8.03. The molecule has 2 aromatic carbocycles. The number of likely N-dealkylation sites (tertiary alicyclic amines) is 1. The summed E-state index contributed by atoms with van der Waals surface area (Å²) >= 11 is 5.90. The molecule has 0 aliphatic carbocycles. The second-order valence-corrected chi connectivity index (χ2v) is 10.3. The van der Waals surface area contributed by atoms with Gasteiger partial charge >= 0.3 is 0 Å². The molecule has 0 bridgehead atoms. The molecule has 1 aliphatic heterocycles. The van der Waals surface area contributed by atoms with Crippen LogP contribution in [0.2, 0.25) is 5.02 Å². The van der Waals surface area contributed by atoms with E-state index in [0.29, 0.717) is 17.3 Å². The van der Waals surface area contributed by atoms with Crippen LogP contribution in [-0.4, -0.2) is 51.9 Å². The van der Waals surface area contributed by atoms with Crippen LogP contribution in [0, 0.1) is 5.92 Å². The number of amides is 1. The number of anilines is 1. The van der Waals surface area contributed by atoms with Crippen molar-refractivity contribution in [1.29, 1.82) is 0 Å². The number of benzene rings is 2. The third-order valence-corrected chi connectivity index (χ3v) is 7.62. The highest BCUT2D eigenvalue weighted by Crippen LogP contribution is 2.24. The Morgan fingerprint density at radius 3 is 2.39 bits per heavy atom. The van der Waals surface area contributed by atoms with E-state index in [1.807, 2.05) is 0 Å². The summed E-state index contributed by atoms with van der Waals surface area (Å²) in [6, 6.07) is 14.6. The lowest BCUT2D eigenvalue weighted by atomic mass is 9.99. The van der Waals surface area contributed by atoms with E-state index in [-0.39, 0.29) is 17.3 Å². The lowest BCUT2D eigenvalue weighted by Gasteiger charge is -2.30. The summed E-state index contributed by atoms with van der Waals surface area (Å²) in [6.45, 7) is 5.68. The third-order valence-electron chi connectivity index (χ3n) is 5.58. The number of hydrogen-bond donors (Lipinski definition) is 1. The Bertz CT molecular complexity index is 944. The Labute approximate surface area is 190 Å². The number of nitrogens with one attached hydrogen (secondary N) is 1. The smallest absolute Gasteiger partial charge is 0.264 e. The zero-order chi connectivity index (χ0) is 22.3. The van der Waals surface area contributed by atoms with E-state index >= 15 is 0 Å². The van der Waals surface area contributed by atoms with Crippen LogP contribution < -0.4 is 9.62 Å². The highest BCUT2D eigenvalue weighted by Gasteiger charge is 2.27. The summed E-state index contributed by atoms with van der Waals surface area (Å²) in [4.78, 5) is 15.1. The van der Waals surface area contributed by atoms with Gasteiger partial charge in [-0.15, -0.1) is 0 Å². The maximum absolute atomic E-state index is 13.2. The van der Waals surface area contributed by atoms with Crippen LogP contribution in [0.15, 0.2) is 59.5 Å². The van der Waals surface area contributed by atoms with Crippen LogP contribution in [-0.2, 0) is 14.8 Å². The van der Waals surface area contributed by atoms with Gasteiger partial charge in [-0.3, -0.25) is 9.10 Å². The lowest BCUT2D eigenvalue weighted by molar-refractivity contribution is -0.119. The first-order valence-electron chi connectivity index (χ1n) is 10.7. The Morgan fingerprint density at radius 1 is 1.10 bits per heavy atom. The highest BCUT2D eigenvalue weighted by molar-refractivity contribution is 7.92. The quantitative estimate of drug-likeness (QED) is 0.574. The summed E-state index contributed by atoms with van der Waals surface area (Å²) in [5.74, 6) is 0.469. The molecule has 1 amide bonds. The molecule has 1 saturated heterocycles. The van der Waals surface area contributed by atoms with Crippen molar-refractivity contribution in [3.63, 3.8) is 0 Å². The van der Waals surface area contributed by atoms with Crippen molar-refractivity contribution in [2.45, 2.75) is 31.1 Å². The first-order chi connectivity index (χ1) is 14.9. The van der Waals surface area contributed by atoms with E-state index < -0.39 is 10.0 Å². The van der Waals surface area contributed by atoms with E-state index in [0.717, 1.165) is 36.3 Å². The van der Waals surface area contributed by atoms with Crippen molar-refractivity contribution < 1.29 is 13.2 Å². The number of piperidine rings is 1. The number of para-hydroxylation sites is 1. The van der Waals surface area contributed by atoms with E-state index in [2.05, 4.69) is 17.1 Å². The molecule has 1 fully saturated rings. The minimum atomic E-state index is -3.91. The summed E-state index contributed by atoms with van der Waals surface area (Å²) in [6.07, 6.45) is 3.29. The fourth-order valence-electron chi connectivity index (χ4n) is 3.65. The number of nitrogens with zero attached hydrogens (tertiary/aromatic N) is 2. The lowest BCUT2D eigenvalue weighted by Crippen LogP contribution is -2.41. The maximum Gasteiger partial charge on any atom is 0.264 e. The fraction of sp³-hybridized carbons (Fsp3) is 0.435. The molecule has 0 aromatic heterocycles. The number of sulfonamides is 1. The summed E-state index contributed by atoms with van der Waals surface area (Å²) in [5, 5.41) is 3.32. The predicted molar refractivity (Wildman–Crippen MR) is 125 cm³/mol. The molecule has 0 atom stereocenters. The van der Waals surface area contributed by atoms with Crippen molar-refractivity contribution in [3.05, 3.63) is 59.6 Å². The van der Waals surface area contributed by atoms with Crippen LogP contribution in [0.25, 0.3) is 0 Å². The maximum atomic E-state index is 13.2. The number of rotatable bonds is 9. The van der Waals surface area contributed by atoms with Gasteiger partial charge in [0.15, 0.2) is 0 Å². The van der Waals surface area contributed by atoms with Crippen molar-refractivity contribution in [3.8, 4) is 0 Å². The van der Waals surface area contributed by atoms with Gasteiger partial charge < -0.3 is 10.2 Å². The number of halogens is 1. The molecule has 31 heavy (non-hydrogen) atoms. The minimum absolute atomic E-state index is 0.0906. The van der Waals surface area contributed by atoms with Crippen molar-refractivity contribution in [2.24, 2.45) is 5.92 Å². The molecular weight excluding hydrogens is 434 g/mol. The topological polar surface area (TPSA) is 69.7 Å². The first kappa shape index (κ1) is 23.6.